The van der Waals surface area contributed by atoms with Crippen LogP contribution in [0.5, 0.6) is 0 Å². The van der Waals surface area contributed by atoms with Crippen LogP contribution < -0.4 is 0 Å². The molecule has 0 spiro atoms. The zero-order valence-electron chi connectivity index (χ0n) is 8.14. The lowest BCUT2D eigenvalue weighted by Crippen LogP contribution is -2.11. The van der Waals surface area contributed by atoms with Crippen LogP contribution in [-0.4, -0.2) is 0 Å². The summed E-state index contributed by atoms with van der Waals surface area (Å²) in [5.74, 6) is 1.71. The fourth-order valence-electron chi connectivity index (χ4n) is 2.32. The Morgan fingerprint density at radius 2 is 2.08 bits per heavy atom. The minimum Gasteiger partial charge on any atom is -0.0805 e. The highest BCUT2D eigenvalue weighted by atomic mass is 14.2. The van der Waals surface area contributed by atoms with Gasteiger partial charge in [-0.25, -0.2) is 0 Å². The van der Waals surface area contributed by atoms with Crippen molar-refractivity contribution in [1.82, 2.24) is 0 Å². The normalized spacial score (nSPS) is 35.2. The molecule has 0 heteroatoms. The largest absolute Gasteiger partial charge is 0.0805 e. The number of rotatable bonds is 0. The average molecular weight is 162 g/mol. The molecule has 2 rings (SSSR count). The zero-order chi connectivity index (χ0) is 8.55. The second-order valence-electron chi connectivity index (χ2n) is 4.48. The number of hydrogen-bond acceptors (Lipinski definition) is 0. The van der Waals surface area contributed by atoms with Crippen molar-refractivity contribution >= 4 is 0 Å². The molecule has 0 amide bonds. The van der Waals surface area contributed by atoms with E-state index in [1.54, 1.807) is 11.1 Å². The van der Waals surface area contributed by atoms with Gasteiger partial charge in [-0.15, -0.1) is 0 Å². The smallest absolute Gasteiger partial charge is 0.0221 e. The van der Waals surface area contributed by atoms with Gasteiger partial charge in [-0.3, -0.25) is 0 Å². The summed E-state index contributed by atoms with van der Waals surface area (Å²) in [6, 6.07) is 0. The van der Waals surface area contributed by atoms with E-state index in [0.29, 0.717) is 0 Å². The molecule has 0 aromatic rings. The Morgan fingerprint density at radius 3 is 2.92 bits per heavy atom. The molecule has 0 aromatic carbocycles. The molecule has 0 radical (unpaired) electrons. The fraction of sp³-hybridized carbons (Fsp3) is 0.667. The lowest BCUT2D eigenvalue weighted by atomic mass is 9.78. The van der Waals surface area contributed by atoms with E-state index >= 15 is 0 Å². The average Bonchev–Trinajstić information content (AvgIpc) is 2.05. The highest BCUT2D eigenvalue weighted by Crippen LogP contribution is 2.36. The monoisotopic (exact) mass is 162 g/mol. The van der Waals surface area contributed by atoms with Crippen LogP contribution in [0.1, 0.15) is 39.5 Å². The molecule has 0 heterocycles. The molecule has 0 saturated heterocycles. The Bertz CT molecular complexity index is 232. The molecule has 0 aliphatic heterocycles. The number of hydrogen-bond donors (Lipinski definition) is 0. The molecule has 0 bridgehead atoms. The van der Waals surface area contributed by atoms with Crippen molar-refractivity contribution in [2.45, 2.75) is 39.5 Å². The Morgan fingerprint density at radius 1 is 1.25 bits per heavy atom. The van der Waals surface area contributed by atoms with Crippen molar-refractivity contribution in [3.05, 3.63) is 23.3 Å². The van der Waals surface area contributed by atoms with Crippen LogP contribution >= 0.6 is 0 Å². The van der Waals surface area contributed by atoms with Gasteiger partial charge in [-0.05, 0) is 48.7 Å². The van der Waals surface area contributed by atoms with E-state index in [1.807, 2.05) is 0 Å². The third-order valence-corrected chi connectivity index (χ3v) is 3.11. The van der Waals surface area contributed by atoms with Crippen LogP contribution in [0.25, 0.3) is 0 Å². The minimum atomic E-state index is 0.789. The van der Waals surface area contributed by atoms with Gasteiger partial charge < -0.3 is 0 Å². The molecule has 2 aliphatic carbocycles. The first-order chi connectivity index (χ1) is 5.75. The van der Waals surface area contributed by atoms with E-state index in [1.165, 1.54) is 25.7 Å². The van der Waals surface area contributed by atoms with Crippen LogP contribution in [0, 0.1) is 11.8 Å². The van der Waals surface area contributed by atoms with E-state index in [9.17, 15) is 0 Å². The van der Waals surface area contributed by atoms with Crippen LogP contribution in [0.3, 0.4) is 0 Å². The van der Waals surface area contributed by atoms with Gasteiger partial charge >= 0.3 is 0 Å². The summed E-state index contributed by atoms with van der Waals surface area (Å²) in [4.78, 5) is 0. The van der Waals surface area contributed by atoms with Gasteiger partial charge in [-0.1, -0.05) is 26.0 Å². The van der Waals surface area contributed by atoms with Crippen molar-refractivity contribution in [2.24, 2.45) is 11.8 Å². The highest BCUT2D eigenvalue weighted by molar-refractivity contribution is 5.36. The topological polar surface area (TPSA) is 0 Å². The van der Waals surface area contributed by atoms with Crippen LogP contribution in [0.4, 0.5) is 0 Å². The predicted octanol–water partition coefficient (Wildman–Crippen LogP) is 3.70. The van der Waals surface area contributed by atoms with Crippen molar-refractivity contribution in [1.29, 1.82) is 0 Å². The second-order valence-corrected chi connectivity index (χ2v) is 4.48. The quantitative estimate of drug-likeness (QED) is 0.509. The summed E-state index contributed by atoms with van der Waals surface area (Å²) in [6.45, 7) is 4.69. The van der Waals surface area contributed by atoms with E-state index in [0.717, 1.165) is 11.8 Å². The molecular weight excluding hydrogens is 144 g/mol. The molecule has 1 fully saturated rings. The van der Waals surface area contributed by atoms with E-state index in [2.05, 4.69) is 26.0 Å². The molecule has 1 saturated carbocycles. The Labute approximate surface area is 75.4 Å². The third kappa shape index (κ3) is 1.48. The highest BCUT2D eigenvalue weighted by Gasteiger charge is 2.20. The Balaban J connectivity index is 2.16. The van der Waals surface area contributed by atoms with Gasteiger partial charge in [0.25, 0.3) is 0 Å². The molecule has 0 aromatic heterocycles. The van der Waals surface area contributed by atoms with Crippen molar-refractivity contribution in [2.75, 3.05) is 0 Å². The first kappa shape index (κ1) is 8.10. The van der Waals surface area contributed by atoms with E-state index in [-0.39, 0.29) is 0 Å². The van der Waals surface area contributed by atoms with Gasteiger partial charge in [0.2, 0.25) is 0 Å². The van der Waals surface area contributed by atoms with Crippen molar-refractivity contribution in [3.8, 4) is 0 Å². The fourth-order valence-corrected chi connectivity index (χ4v) is 2.32. The maximum atomic E-state index is 2.49. The molecule has 0 nitrogen and oxygen atoms in total. The molecule has 2 unspecified atom stereocenters. The van der Waals surface area contributed by atoms with Gasteiger partial charge in [-0.2, -0.15) is 0 Å². The summed E-state index contributed by atoms with van der Waals surface area (Å²) in [6.07, 6.45) is 10.3. The lowest BCUT2D eigenvalue weighted by molar-refractivity contribution is 0.487. The third-order valence-electron chi connectivity index (χ3n) is 3.11. The van der Waals surface area contributed by atoms with Crippen LogP contribution in [-0.2, 0) is 0 Å². The van der Waals surface area contributed by atoms with E-state index in [4.69, 9.17) is 0 Å². The molecule has 2 aliphatic rings. The number of fused-ring (bicyclic) bond motifs is 1. The van der Waals surface area contributed by atoms with E-state index < -0.39 is 0 Å². The van der Waals surface area contributed by atoms with Gasteiger partial charge in [0, 0.05) is 0 Å². The number of allylic oxidation sites excluding steroid dienone is 4. The van der Waals surface area contributed by atoms with Gasteiger partial charge in [0.15, 0.2) is 0 Å². The van der Waals surface area contributed by atoms with Crippen LogP contribution in [0.15, 0.2) is 23.3 Å². The standard InChI is InChI=1S/C12H18/c1-9-3-5-12-8-10(2)4-6-11(12)7-9/h5,7,9-10H,3-4,6,8H2,1-2H3. The molecule has 2 atom stereocenters. The molecule has 12 heavy (non-hydrogen) atoms. The molecule has 0 N–H and O–H groups in total. The lowest BCUT2D eigenvalue weighted by Gasteiger charge is -2.27. The summed E-state index contributed by atoms with van der Waals surface area (Å²) in [5.41, 5.74) is 3.32. The SMILES string of the molecule is CC1C=C2CCC(C)CC2=CC1. The molecule has 66 valence electrons. The first-order valence-corrected chi connectivity index (χ1v) is 5.16. The van der Waals surface area contributed by atoms with Crippen molar-refractivity contribution in [3.63, 3.8) is 0 Å². The first-order valence-electron chi connectivity index (χ1n) is 5.16. The second kappa shape index (κ2) is 3.08. The Hall–Kier alpha value is -0.520. The maximum Gasteiger partial charge on any atom is -0.0221 e. The Kier molecular flexibility index (Phi) is 2.08. The van der Waals surface area contributed by atoms with Crippen LogP contribution in [0.2, 0.25) is 0 Å². The maximum absolute atomic E-state index is 2.49. The zero-order valence-corrected chi connectivity index (χ0v) is 8.14. The predicted molar refractivity (Wildman–Crippen MR) is 53.0 cm³/mol. The van der Waals surface area contributed by atoms with Gasteiger partial charge in [0.05, 0.1) is 0 Å². The summed E-state index contributed by atoms with van der Waals surface area (Å²) >= 11 is 0. The summed E-state index contributed by atoms with van der Waals surface area (Å²) in [5, 5.41) is 0. The molecular formula is C12H18. The summed E-state index contributed by atoms with van der Waals surface area (Å²) < 4.78 is 0. The van der Waals surface area contributed by atoms with Gasteiger partial charge in [0.1, 0.15) is 0 Å². The summed E-state index contributed by atoms with van der Waals surface area (Å²) in [7, 11) is 0. The van der Waals surface area contributed by atoms with Crippen molar-refractivity contribution < 1.29 is 0 Å². The minimum absolute atomic E-state index is 0.789.